The zero-order valence-electron chi connectivity index (χ0n) is 16.5. The summed E-state index contributed by atoms with van der Waals surface area (Å²) in [6.45, 7) is 8.24. The van der Waals surface area contributed by atoms with Crippen LogP contribution in [0.15, 0.2) is 30.3 Å². The van der Waals surface area contributed by atoms with E-state index >= 15 is 0 Å². The molecule has 1 aromatic heterocycles. The smallest absolute Gasteiger partial charge is 0.406 e. The van der Waals surface area contributed by atoms with E-state index in [1.54, 1.807) is 26.0 Å². The molecule has 2 aromatic rings. The van der Waals surface area contributed by atoms with E-state index < -0.39 is 18.2 Å². The highest BCUT2D eigenvalue weighted by atomic mass is 35.5. The molecular weight excluding hydrogens is 407 g/mol. The molecule has 1 unspecified atom stereocenters. The summed E-state index contributed by atoms with van der Waals surface area (Å²) < 4.78 is 41.4. The second kappa shape index (κ2) is 9.35. The van der Waals surface area contributed by atoms with Gasteiger partial charge in [0.2, 0.25) is 0 Å². The number of alkyl halides is 3. The van der Waals surface area contributed by atoms with Crippen molar-refractivity contribution < 1.29 is 22.7 Å². The van der Waals surface area contributed by atoms with Crippen LogP contribution in [-0.2, 0) is 0 Å². The minimum atomic E-state index is -4.83. The van der Waals surface area contributed by atoms with Crippen molar-refractivity contribution >= 4 is 23.3 Å². The Morgan fingerprint density at radius 2 is 1.86 bits per heavy atom. The number of benzene rings is 1. The fourth-order valence-corrected chi connectivity index (χ4v) is 2.82. The van der Waals surface area contributed by atoms with Gasteiger partial charge in [-0.15, -0.1) is 13.2 Å². The Morgan fingerprint density at radius 1 is 1.17 bits per heavy atom. The SMILES string of the molecule is Cc1cc(C(=O)NC(C)c2cc(Cl)cc(OC(F)(F)F)c2)cc(NCC(C)C)n1. The quantitative estimate of drug-likeness (QED) is 0.610. The number of hydrogen-bond acceptors (Lipinski definition) is 4. The lowest BCUT2D eigenvalue weighted by Gasteiger charge is -2.17. The molecular formula is C20H23ClF3N3O2. The summed E-state index contributed by atoms with van der Waals surface area (Å²) in [4.78, 5) is 17.0. The number of aryl methyl sites for hydroxylation is 1. The van der Waals surface area contributed by atoms with Gasteiger partial charge in [-0.2, -0.15) is 0 Å². The van der Waals surface area contributed by atoms with Crippen LogP contribution in [0.5, 0.6) is 5.75 Å². The molecule has 1 heterocycles. The number of halogens is 4. The average Bonchev–Trinajstić information content (AvgIpc) is 2.57. The van der Waals surface area contributed by atoms with Gasteiger partial charge in [-0.05, 0) is 55.7 Å². The monoisotopic (exact) mass is 429 g/mol. The maximum absolute atomic E-state index is 12.7. The van der Waals surface area contributed by atoms with E-state index in [-0.39, 0.29) is 10.9 Å². The molecule has 0 radical (unpaired) electrons. The van der Waals surface area contributed by atoms with Crippen LogP contribution < -0.4 is 15.4 Å². The van der Waals surface area contributed by atoms with Gasteiger partial charge in [-0.3, -0.25) is 4.79 Å². The molecule has 2 rings (SSSR count). The number of amides is 1. The summed E-state index contributed by atoms with van der Waals surface area (Å²) in [6.07, 6.45) is -4.83. The highest BCUT2D eigenvalue weighted by Crippen LogP contribution is 2.29. The van der Waals surface area contributed by atoms with Crippen molar-refractivity contribution in [3.63, 3.8) is 0 Å². The van der Waals surface area contributed by atoms with E-state index in [9.17, 15) is 18.0 Å². The highest BCUT2D eigenvalue weighted by Gasteiger charge is 2.31. The summed E-state index contributed by atoms with van der Waals surface area (Å²) in [7, 11) is 0. The lowest BCUT2D eigenvalue weighted by molar-refractivity contribution is -0.274. The van der Waals surface area contributed by atoms with Gasteiger partial charge in [0.05, 0.1) is 6.04 Å². The molecule has 0 spiro atoms. The first-order chi connectivity index (χ1) is 13.4. The van der Waals surface area contributed by atoms with Crippen LogP contribution in [0.4, 0.5) is 19.0 Å². The molecule has 5 nitrogen and oxygen atoms in total. The Kier molecular flexibility index (Phi) is 7.35. The number of carbonyl (C=O) groups is 1. The predicted molar refractivity (Wildman–Crippen MR) is 106 cm³/mol. The van der Waals surface area contributed by atoms with Gasteiger partial charge < -0.3 is 15.4 Å². The van der Waals surface area contributed by atoms with E-state index in [4.69, 9.17) is 11.6 Å². The lowest BCUT2D eigenvalue weighted by Crippen LogP contribution is -2.27. The van der Waals surface area contributed by atoms with Gasteiger partial charge in [0.25, 0.3) is 5.91 Å². The summed E-state index contributed by atoms with van der Waals surface area (Å²) in [5.41, 5.74) is 1.44. The van der Waals surface area contributed by atoms with Crippen LogP contribution in [-0.4, -0.2) is 23.8 Å². The molecule has 0 aliphatic rings. The molecule has 0 saturated heterocycles. The van der Waals surface area contributed by atoms with E-state index in [2.05, 4.69) is 34.2 Å². The van der Waals surface area contributed by atoms with Crippen molar-refractivity contribution in [3.05, 3.63) is 52.2 Å². The Bertz CT molecular complexity index is 873. The van der Waals surface area contributed by atoms with E-state index in [0.717, 1.165) is 6.07 Å². The van der Waals surface area contributed by atoms with Crippen LogP contribution in [0.2, 0.25) is 5.02 Å². The molecule has 1 amide bonds. The van der Waals surface area contributed by atoms with Gasteiger partial charge in [-0.1, -0.05) is 25.4 Å². The molecule has 0 aliphatic carbocycles. The zero-order valence-corrected chi connectivity index (χ0v) is 17.3. The molecule has 0 saturated carbocycles. The summed E-state index contributed by atoms with van der Waals surface area (Å²) in [5.74, 6) is 0.167. The van der Waals surface area contributed by atoms with Crippen molar-refractivity contribution in [2.75, 3.05) is 11.9 Å². The van der Waals surface area contributed by atoms with Crippen LogP contribution >= 0.6 is 11.6 Å². The molecule has 0 bridgehead atoms. The Hall–Kier alpha value is -2.48. The first-order valence-corrected chi connectivity index (χ1v) is 9.40. The van der Waals surface area contributed by atoms with Crippen LogP contribution in [0.1, 0.15) is 48.4 Å². The number of nitrogens with one attached hydrogen (secondary N) is 2. The summed E-state index contributed by atoms with van der Waals surface area (Å²) >= 11 is 5.90. The fourth-order valence-electron chi connectivity index (χ4n) is 2.59. The molecule has 0 aliphatic heterocycles. The van der Waals surface area contributed by atoms with Crippen molar-refractivity contribution in [2.45, 2.75) is 40.1 Å². The third-order valence-electron chi connectivity index (χ3n) is 3.88. The zero-order chi connectivity index (χ0) is 21.8. The first-order valence-electron chi connectivity index (χ1n) is 9.02. The Morgan fingerprint density at radius 3 is 2.48 bits per heavy atom. The largest absolute Gasteiger partial charge is 0.573 e. The van der Waals surface area contributed by atoms with Crippen LogP contribution in [0, 0.1) is 12.8 Å². The number of ether oxygens (including phenoxy) is 1. The Balaban J connectivity index is 2.16. The van der Waals surface area contributed by atoms with Gasteiger partial charge in [0.15, 0.2) is 0 Å². The second-order valence-electron chi connectivity index (χ2n) is 7.12. The topological polar surface area (TPSA) is 63.2 Å². The fraction of sp³-hybridized carbons (Fsp3) is 0.400. The molecule has 9 heteroatoms. The van der Waals surface area contributed by atoms with E-state index in [0.29, 0.717) is 35.1 Å². The third kappa shape index (κ3) is 7.45. The molecule has 0 fully saturated rings. The predicted octanol–water partition coefficient (Wildman–Crippen LogP) is 5.50. The first kappa shape index (κ1) is 22.8. The number of anilines is 1. The molecule has 29 heavy (non-hydrogen) atoms. The number of aromatic nitrogens is 1. The number of rotatable bonds is 7. The number of pyridine rings is 1. The molecule has 2 N–H and O–H groups in total. The normalized spacial score (nSPS) is 12.6. The van der Waals surface area contributed by atoms with Crippen LogP contribution in [0.3, 0.4) is 0 Å². The highest BCUT2D eigenvalue weighted by molar-refractivity contribution is 6.30. The molecule has 158 valence electrons. The average molecular weight is 430 g/mol. The van der Waals surface area contributed by atoms with Crippen molar-refractivity contribution in [1.29, 1.82) is 0 Å². The maximum Gasteiger partial charge on any atom is 0.573 e. The van der Waals surface area contributed by atoms with Gasteiger partial charge in [-0.25, -0.2) is 4.98 Å². The van der Waals surface area contributed by atoms with Crippen molar-refractivity contribution in [1.82, 2.24) is 10.3 Å². The number of hydrogen-bond donors (Lipinski definition) is 2. The minimum absolute atomic E-state index is 0.0720. The van der Waals surface area contributed by atoms with Crippen molar-refractivity contribution in [3.8, 4) is 5.75 Å². The third-order valence-corrected chi connectivity index (χ3v) is 4.10. The molecule has 1 aromatic carbocycles. The van der Waals surface area contributed by atoms with Gasteiger partial charge in [0, 0.05) is 22.8 Å². The van der Waals surface area contributed by atoms with Gasteiger partial charge in [0.1, 0.15) is 11.6 Å². The minimum Gasteiger partial charge on any atom is -0.406 e. The summed E-state index contributed by atoms with van der Waals surface area (Å²) in [5, 5.41) is 6.00. The summed E-state index contributed by atoms with van der Waals surface area (Å²) in [6, 6.07) is 6.40. The van der Waals surface area contributed by atoms with E-state index in [1.807, 2.05) is 0 Å². The Labute approximate surface area is 172 Å². The number of carbonyl (C=O) groups excluding carboxylic acids is 1. The van der Waals surface area contributed by atoms with E-state index in [1.165, 1.54) is 12.1 Å². The standard InChI is InChI=1S/C20H23ClF3N3O2/c1-11(2)10-25-18-8-15(5-12(3)26-18)19(28)27-13(4)14-6-16(21)9-17(7-14)29-20(22,23)24/h5-9,11,13H,10H2,1-4H3,(H,25,26)(H,27,28). The van der Waals surface area contributed by atoms with Crippen LogP contribution in [0.25, 0.3) is 0 Å². The van der Waals surface area contributed by atoms with Gasteiger partial charge >= 0.3 is 6.36 Å². The lowest BCUT2D eigenvalue weighted by atomic mass is 10.1. The number of nitrogens with zero attached hydrogens (tertiary/aromatic N) is 1. The maximum atomic E-state index is 12.7. The van der Waals surface area contributed by atoms with Crippen molar-refractivity contribution in [2.24, 2.45) is 5.92 Å². The second-order valence-corrected chi connectivity index (χ2v) is 7.56. The molecule has 1 atom stereocenters.